The van der Waals surface area contributed by atoms with Crippen molar-refractivity contribution in [3.63, 3.8) is 0 Å². The molecular formula is C13H10ClF3N2. The van der Waals surface area contributed by atoms with Gasteiger partial charge in [0.2, 0.25) is 0 Å². The van der Waals surface area contributed by atoms with Crippen LogP contribution in [0.3, 0.4) is 0 Å². The molecule has 2 aromatic rings. The smallest absolute Gasteiger partial charge is 0.366 e. The zero-order valence-electron chi connectivity index (χ0n) is 9.71. The SMILES string of the molecule is FC(F)(F)c1cccc(NCc2cccc(Cl)c2)n1. The van der Waals surface area contributed by atoms with Crippen LogP contribution in [0.4, 0.5) is 19.0 Å². The van der Waals surface area contributed by atoms with Crippen molar-refractivity contribution in [1.82, 2.24) is 4.98 Å². The topological polar surface area (TPSA) is 24.9 Å². The second-order valence-corrected chi connectivity index (χ2v) is 4.33. The maximum absolute atomic E-state index is 12.5. The van der Waals surface area contributed by atoms with Gasteiger partial charge >= 0.3 is 6.18 Å². The van der Waals surface area contributed by atoms with Gasteiger partial charge in [-0.15, -0.1) is 0 Å². The summed E-state index contributed by atoms with van der Waals surface area (Å²) in [5.41, 5.74) is -0.0460. The third-order valence-electron chi connectivity index (χ3n) is 2.40. The number of pyridine rings is 1. The highest BCUT2D eigenvalue weighted by Crippen LogP contribution is 2.28. The number of aromatic nitrogens is 1. The lowest BCUT2D eigenvalue weighted by Gasteiger charge is -2.09. The van der Waals surface area contributed by atoms with E-state index in [9.17, 15) is 13.2 Å². The summed E-state index contributed by atoms with van der Waals surface area (Å²) in [6, 6.07) is 10.8. The predicted molar refractivity (Wildman–Crippen MR) is 68.0 cm³/mol. The lowest BCUT2D eigenvalue weighted by molar-refractivity contribution is -0.141. The predicted octanol–water partition coefficient (Wildman–Crippen LogP) is 4.37. The van der Waals surface area contributed by atoms with Crippen LogP contribution in [-0.4, -0.2) is 4.98 Å². The van der Waals surface area contributed by atoms with Gasteiger partial charge in [-0.3, -0.25) is 0 Å². The first-order valence-electron chi connectivity index (χ1n) is 5.48. The van der Waals surface area contributed by atoms with Gasteiger partial charge in [0, 0.05) is 11.6 Å². The van der Waals surface area contributed by atoms with Crippen molar-refractivity contribution >= 4 is 17.4 Å². The van der Waals surface area contributed by atoms with Gasteiger partial charge in [-0.1, -0.05) is 29.8 Å². The van der Waals surface area contributed by atoms with Crippen LogP contribution in [0.2, 0.25) is 5.02 Å². The summed E-state index contributed by atoms with van der Waals surface area (Å²) >= 11 is 5.82. The number of hydrogen-bond acceptors (Lipinski definition) is 2. The van der Waals surface area contributed by atoms with Crippen molar-refractivity contribution in [2.75, 3.05) is 5.32 Å². The molecule has 19 heavy (non-hydrogen) atoms. The summed E-state index contributed by atoms with van der Waals surface area (Å²) in [7, 11) is 0. The standard InChI is InChI=1S/C13H10ClF3N2/c14-10-4-1-3-9(7-10)8-18-12-6-2-5-11(19-12)13(15,16)17/h1-7H,8H2,(H,18,19). The maximum Gasteiger partial charge on any atom is 0.433 e. The molecular weight excluding hydrogens is 277 g/mol. The molecule has 2 nitrogen and oxygen atoms in total. The summed E-state index contributed by atoms with van der Waals surface area (Å²) in [5.74, 6) is 0.176. The molecule has 1 heterocycles. The Hall–Kier alpha value is -1.75. The van der Waals surface area contributed by atoms with Crippen molar-refractivity contribution in [2.24, 2.45) is 0 Å². The van der Waals surface area contributed by atoms with Crippen LogP contribution in [0, 0.1) is 0 Å². The van der Waals surface area contributed by atoms with Gasteiger partial charge in [0.05, 0.1) is 0 Å². The van der Waals surface area contributed by atoms with Crippen molar-refractivity contribution in [1.29, 1.82) is 0 Å². The molecule has 1 aromatic heterocycles. The van der Waals surface area contributed by atoms with Gasteiger partial charge in [0.1, 0.15) is 11.5 Å². The average molecular weight is 287 g/mol. The number of nitrogens with one attached hydrogen (secondary N) is 1. The normalized spacial score (nSPS) is 11.4. The monoisotopic (exact) mass is 286 g/mol. The van der Waals surface area contributed by atoms with Crippen molar-refractivity contribution in [2.45, 2.75) is 12.7 Å². The van der Waals surface area contributed by atoms with Crippen molar-refractivity contribution in [3.8, 4) is 0 Å². The molecule has 0 aliphatic heterocycles. The van der Waals surface area contributed by atoms with Crippen molar-refractivity contribution < 1.29 is 13.2 Å². The Morgan fingerprint density at radius 1 is 1.11 bits per heavy atom. The fraction of sp³-hybridized carbons (Fsp3) is 0.154. The molecule has 0 saturated heterocycles. The quantitative estimate of drug-likeness (QED) is 0.906. The molecule has 100 valence electrons. The van der Waals surface area contributed by atoms with Gasteiger partial charge in [-0.25, -0.2) is 4.98 Å². The molecule has 0 saturated carbocycles. The van der Waals surface area contributed by atoms with E-state index in [1.165, 1.54) is 12.1 Å². The highest BCUT2D eigenvalue weighted by molar-refractivity contribution is 6.30. The van der Waals surface area contributed by atoms with Gasteiger partial charge in [-0.05, 0) is 29.8 Å². The Morgan fingerprint density at radius 3 is 2.53 bits per heavy atom. The lowest BCUT2D eigenvalue weighted by atomic mass is 10.2. The Kier molecular flexibility index (Phi) is 3.95. The first-order chi connectivity index (χ1) is 8.95. The van der Waals surface area contributed by atoms with Gasteiger partial charge in [0.15, 0.2) is 0 Å². The minimum absolute atomic E-state index is 0.176. The van der Waals surface area contributed by atoms with E-state index >= 15 is 0 Å². The molecule has 0 unspecified atom stereocenters. The Morgan fingerprint density at radius 2 is 1.84 bits per heavy atom. The van der Waals surface area contributed by atoms with Crippen LogP contribution in [0.5, 0.6) is 0 Å². The van der Waals surface area contributed by atoms with E-state index < -0.39 is 11.9 Å². The number of alkyl halides is 3. The minimum Gasteiger partial charge on any atom is -0.366 e. The fourth-order valence-electron chi connectivity index (χ4n) is 1.53. The number of anilines is 1. The Balaban J connectivity index is 2.08. The van der Waals surface area contributed by atoms with E-state index in [1.807, 2.05) is 6.07 Å². The molecule has 6 heteroatoms. The second kappa shape index (κ2) is 5.48. The maximum atomic E-state index is 12.5. The summed E-state index contributed by atoms with van der Waals surface area (Å²) in [5, 5.41) is 3.41. The number of halogens is 4. The van der Waals surface area contributed by atoms with Crippen LogP contribution in [0.25, 0.3) is 0 Å². The number of hydrogen-bond donors (Lipinski definition) is 1. The molecule has 2 rings (SSSR count). The lowest BCUT2D eigenvalue weighted by Crippen LogP contribution is -2.10. The van der Waals surface area contributed by atoms with Crippen LogP contribution in [-0.2, 0) is 12.7 Å². The van der Waals surface area contributed by atoms with Crippen LogP contribution < -0.4 is 5.32 Å². The van der Waals surface area contributed by atoms with Crippen LogP contribution >= 0.6 is 11.6 Å². The fourth-order valence-corrected chi connectivity index (χ4v) is 1.74. The Labute approximate surface area is 113 Å². The Bertz CT molecular complexity index is 570. The van der Waals surface area contributed by atoms with Crippen molar-refractivity contribution in [3.05, 3.63) is 58.7 Å². The molecule has 0 bridgehead atoms. The largest absolute Gasteiger partial charge is 0.433 e. The average Bonchev–Trinajstić information content (AvgIpc) is 2.36. The molecule has 1 aromatic carbocycles. The third kappa shape index (κ3) is 3.86. The summed E-state index contributed by atoms with van der Waals surface area (Å²) in [6.07, 6.45) is -4.44. The first kappa shape index (κ1) is 13.7. The molecule has 1 N–H and O–H groups in total. The van der Waals surface area contributed by atoms with Gasteiger partial charge in [-0.2, -0.15) is 13.2 Å². The van der Waals surface area contributed by atoms with E-state index in [-0.39, 0.29) is 5.82 Å². The number of nitrogens with zero attached hydrogens (tertiary/aromatic N) is 1. The van der Waals surface area contributed by atoms with E-state index in [4.69, 9.17) is 11.6 Å². The third-order valence-corrected chi connectivity index (χ3v) is 2.64. The second-order valence-electron chi connectivity index (χ2n) is 3.89. The van der Waals surface area contributed by atoms with E-state index in [0.29, 0.717) is 11.6 Å². The molecule has 0 fully saturated rings. The van der Waals surface area contributed by atoms with E-state index in [0.717, 1.165) is 11.6 Å². The highest BCUT2D eigenvalue weighted by Gasteiger charge is 2.32. The molecule has 0 spiro atoms. The molecule has 0 aliphatic rings. The summed E-state index contributed by atoms with van der Waals surface area (Å²) < 4.78 is 37.4. The first-order valence-corrected chi connectivity index (χ1v) is 5.85. The zero-order valence-corrected chi connectivity index (χ0v) is 10.5. The number of rotatable bonds is 3. The molecule has 0 atom stereocenters. The van der Waals surface area contributed by atoms with Gasteiger partial charge < -0.3 is 5.32 Å². The highest BCUT2D eigenvalue weighted by atomic mass is 35.5. The minimum atomic E-state index is -4.44. The van der Waals surface area contributed by atoms with Crippen LogP contribution in [0.1, 0.15) is 11.3 Å². The summed E-state index contributed by atoms with van der Waals surface area (Å²) in [4.78, 5) is 3.51. The molecule has 0 amide bonds. The van der Waals surface area contributed by atoms with E-state index in [2.05, 4.69) is 10.3 Å². The molecule has 0 radical (unpaired) electrons. The van der Waals surface area contributed by atoms with Crippen LogP contribution in [0.15, 0.2) is 42.5 Å². The number of benzene rings is 1. The van der Waals surface area contributed by atoms with Gasteiger partial charge in [0.25, 0.3) is 0 Å². The zero-order chi connectivity index (χ0) is 13.9. The summed E-state index contributed by atoms with van der Waals surface area (Å²) in [6.45, 7) is 0.356. The van der Waals surface area contributed by atoms with E-state index in [1.54, 1.807) is 18.2 Å². The molecule has 0 aliphatic carbocycles.